The van der Waals surface area contributed by atoms with Gasteiger partial charge in [0.05, 0.1) is 12.1 Å². The first-order valence-corrected chi connectivity index (χ1v) is 9.09. The molecule has 1 fully saturated rings. The number of oxime groups is 1. The molecule has 0 amide bonds. The molecule has 2 aromatic rings. The van der Waals surface area contributed by atoms with Crippen LogP contribution in [0.5, 0.6) is 0 Å². The van der Waals surface area contributed by atoms with Gasteiger partial charge in [-0.3, -0.25) is 9.69 Å². The first-order chi connectivity index (χ1) is 13.1. The van der Waals surface area contributed by atoms with Crippen LogP contribution in [0.15, 0.2) is 53.7 Å². The minimum atomic E-state index is -0.729. The van der Waals surface area contributed by atoms with Crippen molar-refractivity contribution in [3.8, 4) is 11.1 Å². The lowest BCUT2D eigenvalue weighted by Gasteiger charge is -2.29. The SMILES string of the molecule is O=C(O)C1CCCN(CCO/N=C/c2ccccc2-c2cccc(F)c2)C1. The molecule has 0 aromatic heterocycles. The third-order valence-corrected chi connectivity index (χ3v) is 4.72. The molecule has 6 heteroatoms. The van der Waals surface area contributed by atoms with Crippen LogP contribution in [0.3, 0.4) is 0 Å². The Hall–Kier alpha value is -2.73. The summed E-state index contributed by atoms with van der Waals surface area (Å²) in [5.74, 6) is -1.30. The summed E-state index contributed by atoms with van der Waals surface area (Å²) in [6, 6.07) is 14.0. The quantitative estimate of drug-likeness (QED) is 0.459. The lowest BCUT2D eigenvalue weighted by molar-refractivity contribution is -0.143. The monoisotopic (exact) mass is 370 g/mol. The van der Waals surface area contributed by atoms with Crippen LogP contribution in [-0.2, 0) is 9.63 Å². The Morgan fingerprint density at radius 3 is 2.96 bits per heavy atom. The van der Waals surface area contributed by atoms with E-state index in [1.54, 1.807) is 12.3 Å². The molecule has 142 valence electrons. The van der Waals surface area contributed by atoms with Crippen LogP contribution in [0.25, 0.3) is 11.1 Å². The summed E-state index contributed by atoms with van der Waals surface area (Å²) < 4.78 is 13.5. The highest BCUT2D eigenvalue weighted by atomic mass is 19.1. The van der Waals surface area contributed by atoms with Crippen LogP contribution >= 0.6 is 0 Å². The Bertz CT molecular complexity index is 810. The Labute approximate surface area is 158 Å². The standard InChI is InChI=1S/C21H23FN2O3/c22-19-8-3-6-16(13-19)20-9-2-1-5-17(20)14-23-27-12-11-24-10-4-7-18(15-24)21(25)26/h1-3,5-6,8-9,13-14,18H,4,7,10-12,15H2,(H,25,26)/b23-14+. The summed E-state index contributed by atoms with van der Waals surface area (Å²) in [6.07, 6.45) is 3.25. The van der Waals surface area contributed by atoms with E-state index in [1.165, 1.54) is 12.1 Å². The van der Waals surface area contributed by atoms with E-state index in [1.807, 2.05) is 30.3 Å². The third kappa shape index (κ3) is 5.37. The average Bonchev–Trinajstić information content (AvgIpc) is 2.68. The number of carboxylic acid groups (broad SMARTS) is 1. The number of carbonyl (C=O) groups is 1. The summed E-state index contributed by atoms with van der Waals surface area (Å²) in [5, 5.41) is 13.2. The van der Waals surface area contributed by atoms with Gasteiger partial charge in [-0.05, 0) is 42.6 Å². The highest BCUT2D eigenvalue weighted by Crippen LogP contribution is 2.23. The zero-order chi connectivity index (χ0) is 19.1. The highest BCUT2D eigenvalue weighted by molar-refractivity contribution is 5.90. The number of benzene rings is 2. The van der Waals surface area contributed by atoms with Crippen LogP contribution in [0.1, 0.15) is 18.4 Å². The summed E-state index contributed by atoms with van der Waals surface area (Å²) >= 11 is 0. The van der Waals surface area contributed by atoms with E-state index in [4.69, 9.17) is 9.94 Å². The van der Waals surface area contributed by atoms with Crippen molar-refractivity contribution >= 4 is 12.2 Å². The second kappa shape index (κ2) is 9.28. The number of hydrogen-bond acceptors (Lipinski definition) is 4. The second-order valence-corrected chi connectivity index (χ2v) is 6.64. The fourth-order valence-corrected chi connectivity index (χ4v) is 3.31. The van der Waals surface area contributed by atoms with E-state index in [2.05, 4.69) is 10.1 Å². The van der Waals surface area contributed by atoms with Crippen molar-refractivity contribution in [3.63, 3.8) is 0 Å². The molecule has 27 heavy (non-hydrogen) atoms. The number of halogens is 1. The largest absolute Gasteiger partial charge is 0.481 e. The molecule has 1 aliphatic rings. The number of carboxylic acids is 1. The van der Waals surface area contributed by atoms with Gasteiger partial charge in [0.2, 0.25) is 0 Å². The number of aliphatic carboxylic acids is 1. The molecule has 1 atom stereocenters. The van der Waals surface area contributed by atoms with Gasteiger partial charge in [0.15, 0.2) is 0 Å². The second-order valence-electron chi connectivity index (χ2n) is 6.64. The minimum Gasteiger partial charge on any atom is -0.481 e. The van der Waals surface area contributed by atoms with Gasteiger partial charge < -0.3 is 9.94 Å². The van der Waals surface area contributed by atoms with E-state index in [-0.39, 0.29) is 11.7 Å². The molecule has 0 radical (unpaired) electrons. The number of piperidine rings is 1. The smallest absolute Gasteiger partial charge is 0.307 e. The molecule has 1 N–H and O–H groups in total. The molecule has 1 aliphatic heterocycles. The van der Waals surface area contributed by atoms with Crippen molar-refractivity contribution in [2.45, 2.75) is 12.8 Å². The summed E-state index contributed by atoms with van der Waals surface area (Å²) in [6.45, 7) is 2.49. The van der Waals surface area contributed by atoms with Gasteiger partial charge in [-0.25, -0.2) is 4.39 Å². The Morgan fingerprint density at radius 1 is 1.30 bits per heavy atom. The van der Waals surface area contributed by atoms with Gasteiger partial charge >= 0.3 is 5.97 Å². The molecule has 0 spiro atoms. The molecule has 5 nitrogen and oxygen atoms in total. The molecule has 0 bridgehead atoms. The van der Waals surface area contributed by atoms with Gasteiger partial charge in [0, 0.05) is 18.7 Å². The van der Waals surface area contributed by atoms with Crippen molar-refractivity contribution in [1.29, 1.82) is 0 Å². The molecule has 1 saturated heterocycles. The van der Waals surface area contributed by atoms with Crippen LogP contribution in [0, 0.1) is 11.7 Å². The van der Waals surface area contributed by atoms with Crippen LogP contribution in [-0.4, -0.2) is 48.4 Å². The number of likely N-dealkylation sites (tertiary alicyclic amines) is 1. The number of rotatable bonds is 7. The Kier molecular flexibility index (Phi) is 6.54. The van der Waals surface area contributed by atoms with Crippen LogP contribution in [0.2, 0.25) is 0 Å². The van der Waals surface area contributed by atoms with Crippen molar-refractivity contribution in [3.05, 3.63) is 59.9 Å². The molecular formula is C21H23FN2O3. The maximum absolute atomic E-state index is 13.5. The van der Waals surface area contributed by atoms with E-state index in [9.17, 15) is 9.18 Å². The van der Waals surface area contributed by atoms with E-state index in [0.29, 0.717) is 19.7 Å². The number of hydrogen-bond donors (Lipinski definition) is 1. The van der Waals surface area contributed by atoms with Gasteiger partial charge in [-0.1, -0.05) is 41.6 Å². The maximum Gasteiger partial charge on any atom is 0.307 e. The molecular weight excluding hydrogens is 347 g/mol. The zero-order valence-corrected chi connectivity index (χ0v) is 15.1. The van der Waals surface area contributed by atoms with Gasteiger partial charge in [-0.15, -0.1) is 0 Å². The lowest BCUT2D eigenvalue weighted by atomic mass is 9.98. The summed E-state index contributed by atoms with van der Waals surface area (Å²) in [7, 11) is 0. The van der Waals surface area contributed by atoms with Crippen LogP contribution in [0.4, 0.5) is 4.39 Å². The first kappa shape index (κ1) is 19.0. The zero-order valence-electron chi connectivity index (χ0n) is 15.1. The maximum atomic E-state index is 13.5. The highest BCUT2D eigenvalue weighted by Gasteiger charge is 2.24. The van der Waals surface area contributed by atoms with Gasteiger partial charge in [0.25, 0.3) is 0 Å². The average molecular weight is 370 g/mol. The third-order valence-electron chi connectivity index (χ3n) is 4.72. The summed E-state index contributed by atoms with van der Waals surface area (Å²) in [4.78, 5) is 18.6. The number of nitrogens with zero attached hydrogens (tertiary/aromatic N) is 2. The lowest BCUT2D eigenvalue weighted by Crippen LogP contribution is -2.40. The fourth-order valence-electron chi connectivity index (χ4n) is 3.31. The van der Waals surface area contributed by atoms with E-state index in [0.717, 1.165) is 36.1 Å². The van der Waals surface area contributed by atoms with Crippen molar-refractivity contribution < 1.29 is 19.1 Å². The predicted molar refractivity (Wildman–Crippen MR) is 102 cm³/mol. The van der Waals surface area contributed by atoms with Crippen molar-refractivity contribution in [1.82, 2.24) is 4.90 Å². The van der Waals surface area contributed by atoms with Crippen LogP contribution < -0.4 is 0 Å². The Morgan fingerprint density at radius 2 is 2.15 bits per heavy atom. The predicted octanol–water partition coefficient (Wildman–Crippen LogP) is 3.64. The van der Waals surface area contributed by atoms with E-state index >= 15 is 0 Å². The van der Waals surface area contributed by atoms with E-state index < -0.39 is 5.97 Å². The van der Waals surface area contributed by atoms with Crippen molar-refractivity contribution in [2.75, 3.05) is 26.2 Å². The molecule has 1 unspecified atom stereocenters. The molecule has 0 aliphatic carbocycles. The first-order valence-electron chi connectivity index (χ1n) is 9.09. The van der Waals surface area contributed by atoms with Gasteiger partial charge in [-0.2, -0.15) is 0 Å². The fraction of sp³-hybridized carbons (Fsp3) is 0.333. The molecule has 0 saturated carbocycles. The molecule has 1 heterocycles. The van der Waals surface area contributed by atoms with Crippen molar-refractivity contribution in [2.24, 2.45) is 11.1 Å². The molecule has 3 rings (SSSR count). The van der Waals surface area contributed by atoms with Gasteiger partial charge in [0.1, 0.15) is 12.4 Å². The Balaban J connectivity index is 1.54. The summed E-state index contributed by atoms with van der Waals surface area (Å²) in [5.41, 5.74) is 2.50. The normalized spacial score (nSPS) is 17.9. The molecule has 2 aromatic carbocycles. The topological polar surface area (TPSA) is 62.1 Å². The minimum absolute atomic E-state index is 0.281.